The molecule has 0 spiro atoms. The first-order valence-electron chi connectivity index (χ1n) is 9.83. The number of benzene rings is 2. The summed E-state index contributed by atoms with van der Waals surface area (Å²) in [6.07, 6.45) is -3.88. The number of hydrogen-bond acceptors (Lipinski definition) is 4. The van der Waals surface area contributed by atoms with Gasteiger partial charge in [0.1, 0.15) is 5.82 Å². The van der Waals surface area contributed by atoms with Crippen LogP contribution in [0.1, 0.15) is 27.2 Å². The Bertz CT molecular complexity index is 1100. The first-order chi connectivity index (χ1) is 14.7. The van der Waals surface area contributed by atoms with Gasteiger partial charge in [-0.2, -0.15) is 13.2 Å². The van der Waals surface area contributed by atoms with E-state index < -0.39 is 11.7 Å². The summed E-state index contributed by atoms with van der Waals surface area (Å²) < 4.78 is 38.4. The van der Waals surface area contributed by atoms with Gasteiger partial charge >= 0.3 is 6.18 Å². The molecule has 0 aliphatic carbocycles. The molecule has 1 aliphatic rings. The molecule has 0 unspecified atom stereocenters. The number of anilines is 1. The monoisotopic (exact) mass is 426 g/mol. The third kappa shape index (κ3) is 4.23. The minimum absolute atomic E-state index is 0.227. The van der Waals surface area contributed by atoms with Gasteiger partial charge in [-0.15, -0.1) is 0 Å². The largest absolute Gasteiger partial charge is 0.416 e. The third-order valence-electron chi connectivity index (χ3n) is 5.24. The maximum Gasteiger partial charge on any atom is 0.416 e. The van der Waals surface area contributed by atoms with E-state index in [2.05, 4.69) is 0 Å². The lowest BCUT2D eigenvalue weighted by molar-refractivity contribution is -0.137. The zero-order valence-electron chi connectivity index (χ0n) is 17.1. The van der Waals surface area contributed by atoms with Crippen LogP contribution in [-0.2, 0) is 19.1 Å². The summed E-state index contributed by atoms with van der Waals surface area (Å²) in [4.78, 5) is 25.9. The van der Waals surface area contributed by atoms with Gasteiger partial charge in [0.25, 0.3) is 5.91 Å². The minimum atomic E-state index is -4.43. The van der Waals surface area contributed by atoms with Gasteiger partial charge < -0.3 is 9.80 Å². The summed E-state index contributed by atoms with van der Waals surface area (Å²) in [7, 11) is 3.77. The molecule has 0 radical (unpaired) electrons. The van der Waals surface area contributed by atoms with E-state index in [4.69, 9.17) is 9.97 Å². The van der Waals surface area contributed by atoms with Crippen molar-refractivity contribution in [1.29, 1.82) is 0 Å². The highest BCUT2D eigenvalue weighted by molar-refractivity contribution is 5.94. The maximum atomic E-state index is 12.9. The number of carbonyl (C=O) groups is 1. The van der Waals surface area contributed by atoms with E-state index in [9.17, 15) is 18.0 Å². The van der Waals surface area contributed by atoms with E-state index in [1.165, 1.54) is 12.1 Å². The fourth-order valence-electron chi connectivity index (χ4n) is 3.64. The van der Waals surface area contributed by atoms with Crippen molar-refractivity contribution in [1.82, 2.24) is 14.9 Å². The molecule has 2 aromatic carbocycles. The average molecular weight is 426 g/mol. The van der Waals surface area contributed by atoms with Crippen LogP contribution in [0, 0.1) is 0 Å². The lowest BCUT2D eigenvalue weighted by Crippen LogP contribution is -2.37. The fraction of sp³-hybridized carbons (Fsp3) is 0.261. The van der Waals surface area contributed by atoms with Crippen LogP contribution >= 0.6 is 0 Å². The molecule has 4 rings (SSSR count). The second-order valence-corrected chi connectivity index (χ2v) is 7.61. The summed E-state index contributed by atoms with van der Waals surface area (Å²) in [6, 6.07) is 14.0. The highest BCUT2D eigenvalue weighted by atomic mass is 19.4. The topological polar surface area (TPSA) is 49.3 Å². The number of aromatic nitrogens is 2. The molecular weight excluding hydrogens is 405 g/mol. The predicted molar refractivity (Wildman–Crippen MR) is 112 cm³/mol. The third-order valence-corrected chi connectivity index (χ3v) is 5.24. The second-order valence-electron chi connectivity index (χ2n) is 7.61. The van der Waals surface area contributed by atoms with Crippen LogP contribution in [0.4, 0.5) is 19.0 Å². The Morgan fingerprint density at radius 3 is 2.29 bits per heavy atom. The Hall–Kier alpha value is -3.42. The first-order valence-corrected chi connectivity index (χ1v) is 9.83. The maximum absolute atomic E-state index is 12.9. The Morgan fingerprint density at radius 1 is 1.00 bits per heavy atom. The molecule has 2 heterocycles. The molecule has 8 heteroatoms. The van der Waals surface area contributed by atoms with E-state index in [1.54, 1.807) is 4.90 Å². The Kier molecular flexibility index (Phi) is 5.39. The first kappa shape index (κ1) is 20.8. The van der Waals surface area contributed by atoms with Gasteiger partial charge in [-0.3, -0.25) is 4.79 Å². The molecule has 3 aromatic rings. The number of hydrogen-bond donors (Lipinski definition) is 0. The number of amides is 1. The molecule has 5 nitrogen and oxygen atoms in total. The molecule has 1 amide bonds. The summed E-state index contributed by atoms with van der Waals surface area (Å²) in [6.45, 7) is 0.739. The van der Waals surface area contributed by atoms with Crippen molar-refractivity contribution in [3.8, 4) is 11.4 Å². The van der Waals surface area contributed by atoms with Crippen molar-refractivity contribution in [2.45, 2.75) is 19.1 Å². The van der Waals surface area contributed by atoms with Crippen molar-refractivity contribution in [2.24, 2.45) is 0 Å². The predicted octanol–water partition coefficient (Wildman–Crippen LogP) is 4.43. The standard InChI is InChI=1S/C23H21F3N4O/c1-29(2)21-18-14-30(22(31)16-8-10-17(11-9-16)23(24,25)26)13-12-19(18)27-20(28-21)15-6-4-3-5-7-15/h3-11H,12-14H2,1-2H3. The normalized spacial score (nSPS) is 13.6. The molecule has 0 saturated carbocycles. The van der Waals surface area contributed by atoms with Crippen LogP contribution in [0.15, 0.2) is 54.6 Å². The van der Waals surface area contributed by atoms with Crippen molar-refractivity contribution in [3.63, 3.8) is 0 Å². The van der Waals surface area contributed by atoms with E-state index in [0.717, 1.165) is 34.8 Å². The summed E-state index contributed by atoms with van der Waals surface area (Å²) in [5.41, 5.74) is 2.11. The van der Waals surface area contributed by atoms with Gasteiger partial charge in [-0.1, -0.05) is 30.3 Å². The van der Waals surface area contributed by atoms with Gasteiger partial charge in [-0.05, 0) is 24.3 Å². The second kappa shape index (κ2) is 8.02. The number of alkyl halides is 3. The molecule has 0 saturated heterocycles. The lowest BCUT2D eigenvalue weighted by atomic mass is 10.0. The van der Waals surface area contributed by atoms with Gasteiger partial charge in [0, 0.05) is 43.8 Å². The molecule has 0 atom stereocenters. The van der Waals surface area contributed by atoms with Crippen molar-refractivity contribution >= 4 is 11.7 Å². The summed E-state index contributed by atoms with van der Waals surface area (Å²) in [5, 5.41) is 0. The van der Waals surface area contributed by atoms with Gasteiger partial charge in [0.05, 0.1) is 17.8 Å². The average Bonchev–Trinajstić information content (AvgIpc) is 2.77. The Morgan fingerprint density at radius 2 is 1.68 bits per heavy atom. The van der Waals surface area contributed by atoms with Crippen LogP contribution < -0.4 is 4.90 Å². The van der Waals surface area contributed by atoms with Crippen molar-refractivity contribution in [2.75, 3.05) is 25.5 Å². The number of fused-ring (bicyclic) bond motifs is 1. The van der Waals surface area contributed by atoms with Gasteiger partial charge in [0.15, 0.2) is 5.82 Å². The van der Waals surface area contributed by atoms with E-state index >= 15 is 0 Å². The SMILES string of the molecule is CN(C)c1nc(-c2ccccc2)nc2c1CN(C(=O)c1ccc(C(F)(F)F)cc1)CC2. The summed E-state index contributed by atoms with van der Waals surface area (Å²) >= 11 is 0. The molecule has 0 bridgehead atoms. The quantitative estimate of drug-likeness (QED) is 0.622. The molecule has 0 fully saturated rings. The Labute approximate surface area is 178 Å². The zero-order chi connectivity index (χ0) is 22.2. The van der Waals surface area contributed by atoms with Crippen molar-refractivity contribution in [3.05, 3.63) is 77.0 Å². The van der Waals surface area contributed by atoms with Crippen LogP contribution in [0.2, 0.25) is 0 Å². The highest BCUT2D eigenvalue weighted by Crippen LogP contribution is 2.31. The highest BCUT2D eigenvalue weighted by Gasteiger charge is 2.31. The lowest BCUT2D eigenvalue weighted by Gasteiger charge is -2.31. The van der Waals surface area contributed by atoms with Crippen LogP contribution in [-0.4, -0.2) is 41.4 Å². The molecule has 31 heavy (non-hydrogen) atoms. The number of rotatable bonds is 3. The molecular formula is C23H21F3N4O. The number of halogens is 3. The zero-order valence-corrected chi connectivity index (χ0v) is 17.1. The smallest absolute Gasteiger partial charge is 0.362 e. The van der Waals surface area contributed by atoms with Crippen molar-refractivity contribution < 1.29 is 18.0 Å². The molecule has 1 aromatic heterocycles. The molecule has 0 N–H and O–H groups in total. The van der Waals surface area contributed by atoms with Gasteiger partial charge in [0.2, 0.25) is 0 Å². The van der Waals surface area contributed by atoms with E-state index in [-0.39, 0.29) is 11.5 Å². The van der Waals surface area contributed by atoms with E-state index in [0.29, 0.717) is 25.3 Å². The van der Waals surface area contributed by atoms with Crippen LogP contribution in [0.25, 0.3) is 11.4 Å². The number of nitrogens with zero attached hydrogens (tertiary/aromatic N) is 4. The number of carbonyl (C=O) groups excluding carboxylic acids is 1. The van der Waals surface area contributed by atoms with Gasteiger partial charge in [-0.25, -0.2) is 9.97 Å². The van der Waals surface area contributed by atoms with Crippen LogP contribution in [0.3, 0.4) is 0 Å². The van der Waals surface area contributed by atoms with Crippen LogP contribution in [0.5, 0.6) is 0 Å². The minimum Gasteiger partial charge on any atom is -0.362 e. The summed E-state index contributed by atoms with van der Waals surface area (Å²) in [5.74, 6) is 1.05. The fourth-order valence-corrected chi connectivity index (χ4v) is 3.64. The molecule has 160 valence electrons. The molecule has 1 aliphatic heterocycles. The Balaban J connectivity index is 1.63. The van der Waals surface area contributed by atoms with E-state index in [1.807, 2.05) is 49.3 Å².